The molecule has 0 saturated carbocycles. The summed E-state index contributed by atoms with van der Waals surface area (Å²) in [5.41, 5.74) is 5.93. The molecule has 0 unspecified atom stereocenters. The predicted molar refractivity (Wildman–Crippen MR) is 138 cm³/mol. The fourth-order valence-electron chi connectivity index (χ4n) is 5.38. The highest BCUT2D eigenvalue weighted by atomic mass is 32.1. The Hall–Kier alpha value is -2.64. The number of amides is 1. The quantitative estimate of drug-likeness (QED) is 0.492. The van der Waals surface area contributed by atoms with Crippen molar-refractivity contribution in [2.45, 2.75) is 51.6 Å². The Morgan fingerprint density at radius 3 is 2.73 bits per heavy atom. The highest BCUT2D eigenvalue weighted by Gasteiger charge is 2.37. The molecule has 174 valence electrons. The molecule has 3 N–H and O–H groups in total. The van der Waals surface area contributed by atoms with Crippen LogP contribution in [0.5, 0.6) is 0 Å². The average Bonchev–Trinajstić information content (AvgIpc) is 3.31. The Morgan fingerprint density at radius 1 is 1.21 bits per heavy atom. The molecule has 2 aromatic heterocycles. The van der Waals surface area contributed by atoms with Crippen LogP contribution in [0.3, 0.4) is 0 Å². The number of fused-ring (bicyclic) bond motifs is 3. The number of nitrogens with one attached hydrogen (secondary N) is 3. The van der Waals surface area contributed by atoms with Crippen molar-refractivity contribution in [1.29, 1.82) is 0 Å². The number of pyridine rings is 1. The Labute approximate surface area is 199 Å². The van der Waals surface area contributed by atoms with Crippen LogP contribution in [-0.2, 0) is 12.8 Å². The molecule has 33 heavy (non-hydrogen) atoms. The summed E-state index contributed by atoms with van der Waals surface area (Å²) in [5, 5.41) is 10.9. The number of benzene rings is 1. The second-order valence-corrected chi connectivity index (χ2v) is 10.1. The van der Waals surface area contributed by atoms with E-state index in [1.165, 1.54) is 41.0 Å². The van der Waals surface area contributed by atoms with E-state index in [2.05, 4.69) is 51.0 Å². The number of rotatable bonds is 7. The van der Waals surface area contributed by atoms with E-state index in [1.54, 1.807) is 0 Å². The van der Waals surface area contributed by atoms with Gasteiger partial charge in [-0.15, -0.1) is 11.3 Å². The lowest BCUT2D eigenvalue weighted by Gasteiger charge is -2.38. The van der Waals surface area contributed by atoms with Crippen LogP contribution < -0.4 is 20.9 Å². The van der Waals surface area contributed by atoms with Crippen LogP contribution in [0, 0.1) is 6.92 Å². The zero-order valence-electron chi connectivity index (χ0n) is 19.7. The molecule has 1 aromatic carbocycles. The second-order valence-electron chi connectivity index (χ2n) is 9.13. The molecule has 2 aliphatic rings. The van der Waals surface area contributed by atoms with Gasteiger partial charge in [-0.05, 0) is 61.9 Å². The van der Waals surface area contributed by atoms with Crippen LogP contribution in [-0.4, -0.2) is 49.7 Å². The van der Waals surface area contributed by atoms with Gasteiger partial charge in [0.15, 0.2) is 0 Å². The number of nitrogens with zero attached hydrogens (tertiary/aromatic N) is 2. The lowest BCUT2D eigenvalue weighted by Crippen LogP contribution is -2.52. The van der Waals surface area contributed by atoms with Crippen molar-refractivity contribution in [1.82, 2.24) is 15.6 Å². The molecular formula is C26H33N5OS. The van der Waals surface area contributed by atoms with E-state index in [9.17, 15) is 4.79 Å². The van der Waals surface area contributed by atoms with E-state index in [4.69, 9.17) is 0 Å². The number of aromatic nitrogens is 1. The zero-order valence-corrected chi connectivity index (χ0v) is 20.5. The van der Waals surface area contributed by atoms with E-state index >= 15 is 0 Å². The number of thiophene rings is 1. The monoisotopic (exact) mass is 463 g/mol. The van der Waals surface area contributed by atoms with E-state index < -0.39 is 0 Å². The summed E-state index contributed by atoms with van der Waals surface area (Å²) in [5.74, 6) is -0.0373. The van der Waals surface area contributed by atoms with Crippen LogP contribution in [0.15, 0.2) is 30.3 Å². The van der Waals surface area contributed by atoms with Gasteiger partial charge in [-0.2, -0.15) is 0 Å². The number of hydrogen-bond acceptors (Lipinski definition) is 6. The molecule has 0 aliphatic carbocycles. The van der Waals surface area contributed by atoms with Crippen LogP contribution in [0.2, 0.25) is 0 Å². The third-order valence-electron chi connectivity index (χ3n) is 7.03. The highest BCUT2D eigenvalue weighted by molar-refractivity contribution is 7.21. The fraction of sp³-hybridized carbons (Fsp3) is 0.462. The summed E-state index contributed by atoms with van der Waals surface area (Å²) >= 11 is 1.45. The minimum absolute atomic E-state index is 0.0373. The number of piperazine rings is 1. The molecule has 2 aliphatic heterocycles. The second kappa shape index (κ2) is 9.31. The minimum atomic E-state index is -0.0373. The maximum atomic E-state index is 13.0. The maximum Gasteiger partial charge on any atom is 0.263 e. The molecule has 2 fully saturated rings. The van der Waals surface area contributed by atoms with Crippen molar-refractivity contribution in [3.05, 3.63) is 52.0 Å². The van der Waals surface area contributed by atoms with E-state index in [0.29, 0.717) is 23.5 Å². The van der Waals surface area contributed by atoms with Gasteiger partial charge in [0.25, 0.3) is 5.91 Å². The van der Waals surface area contributed by atoms with Gasteiger partial charge in [0, 0.05) is 55.5 Å². The highest BCUT2D eigenvalue weighted by Crippen LogP contribution is 2.36. The van der Waals surface area contributed by atoms with E-state index in [1.807, 2.05) is 26.1 Å². The molecule has 7 heteroatoms. The van der Waals surface area contributed by atoms with Crippen LogP contribution in [0.25, 0.3) is 10.2 Å². The zero-order chi connectivity index (χ0) is 22.9. The summed E-state index contributed by atoms with van der Waals surface area (Å²) in [4.78, 5) is 21.8. The van der Waals surface area contributed by atoms with Crippen molar-refractivity contribution >= 4 is 38.8 Å². The van der Waals surface area contributed by atoms with Gasteiger partial charge in [-0.3, -0.25) is 4.79 Å². The molecule has 2 bridgehead atoms. The van der Waals surface area contributed by atoms with Crippen molar-refractivity contribution < 1.29 is 4.79 Å². The summed E-state index contributed by atoms with van der Waals surface area (Å²) in [6.07, 6.45) is 4.43. The fourth-order valence-corrected chi connectivity index (χ4v) is 6.52. The largest absolute Gasteiger partial charge is 0.386 e. The number of carbonyl (C=O) groups is 1. The molecule has 6 nitrogen and oxygen atoms in total. The Balaban J connectivity index is 1.27. The Morgan fingerprint density at radius 2 is 2.00 bits per heavy atom. The van der Waals surface area contributed by atoms with Crippen LogP contribution in [0.1, 0.15) is 46.3 Å². The molecule has 0 radical (unpaired) electrons. The molecule has 1 amide bonds. The summed E-state index contributed by atoms with van der Waals surface area (Å²) < 4.78 is 0. The number of aryl methyl sites for hydroxylation is 2. The smallest absolute Gasteiger partial charge is 0.263 e. The first-order valence-electron chi connectivity index (χ1n) is 12.1. The summed E-state index contributed by atoms with van der Waals surface area (Å²) in [6.45, 7) is 7.01. The third kappa shape index (κ3) is 4.20. The molecule has 4 heterocycles. The van der Waals surface area contributed by atoms with Crippen molar-refractivity contribution in [3.8, 4) is 0 Å². The topological polar surface area (TPSA) is 69.3 Å². The normalized spacial score (nSPS) is 19.8. The molecule has 2 saturated heterocycles. The van der Waals surface area contributed by atoms with E-state index in [-0.39, 0.29) is 5.91 Å². The van der Waals surface area contributed by atoms with Gasteiger partial charge in [-0.25, -0.2) is 4.98 Å². The Kier molecular flexibility index (Phi) is 6.25. The molecule has 0 spiro atoms. The lowest BCUT2D eigenvalue weighted by atomic mass is 10.0. The Bertz CT molecular complexity index is 1160. The van der Waals surface area contributed by atoms with Crippen LogP contribution in [0.4, 0.5) is 11.4 Å². The average molecular weight is 464 g/mol. The molecule has 2 atom stereocenters. The summed E-state index contributed by atoms with van der Waals surface area (Å²) in [6, 6.07) is 12.2. The molecule has 3 aromatic rings. The molecule has 5 rings (SSSR count). The molecular weight excluding hydrogens is 430 g/mol. The van der Waals surface area contributed by atoms with E-state index in [0.717, 1.165) is 47.5 Å². The lowest BCUT2D eigenvalue weighted by molar-refractivity contribution is 0.0959. The first kappa shape index (κ1) is 22.2. The van der Waals surface area contributed by atoms with Crippen molar-refractivity contribution in [2.24, 2.45) is 0 Å². The SMILES string of the molecule is CCc1cc(CCNC(=O)c2sc3nc(C)ccc3c2NC)ccc1N1[C@@H]2CC[C@H]1CNC2. The maximum absolute atomic E-state index is 13.0. The van der Waals surface area contributed by atoms with Crippen molar-refractivity contribution in [3.63, 3.8) is 0 Å². The number of hydrogen-bond donors (Lipinski definition) is 3. The van der Waals surface area contributed by atoms with Gasteiger partial charge < -0.3 is 20.9 Å². The predicted octanol–water partition coefficient (Wildman–Crippen LogP) is 4.12. The van der Waals surface area contributed by atoms with Gasteiger partial charge in [0.05, 0.1) is 5.69 Å². The van der Waals surface area contributed by atoms with Gasteiger partial charge >= 0.3 is 0 Å². The third-order valence-corrected chi connectivity index (χ3v) is 8.13. The van der Waals surface area contributed by atoms with Gasteiger partial charge in [0.1, 0.15) is 9.71 Å². The van der Waals surface area contributed by atoms with Gasteiger partial charge in [-0.1, -0.05) is 19.1 Å². The summed E-state index contributed by atoms with van der Waals surface area (Å²) in [7, 11) is 1.86. The first-order chi connectivity index (χ1) is 16.1. The van der Waals surface area contributed by atoms with Gasteiger partial charge in [0.2, 0.25) is 0 Å². The van der Waals surface area contributed by atoms with Crippen molar-refractivity contribution in [2.75, 3.05) is 36.9 Å². The number of anilines is 2. The number of carbonyl (C=O) groups excluding carboxylic acids is 1. The van der Waals surface area contributed by atoms with Crippen LogP contribution >= 0.6 is 11.3 Å². The first-order valence-corrected chi connectivity index (χ1v) is 12.9. The standard InChI is InChI=1S/C26H33N5OS/c1-4-18-13-17(6-10-22(18)31-19-7-8-20(31)15-28-14-19)11-12-29-25(32)24-23(27-3)21-9-5-16(2)30-26(21)33-24/h5-6,9-10,13,19-20,27-28H,4,7-8,11-12,14-15H2,1-3H3,(H,29,32)/t19-,20+. The minimum Gasteiger partial charge on any atom is -0.386 e.